The molecule has 3 heterocycles. The third-order valence-corrected chi connectivity index (χ3v) is 5.48. The van der Waals surface area contributed by atoms with Crippen LogP contribution in [-0.2, 0) is 11.3 Å². The van der Waals surface area contributed by atoms with Gasteiger partial charge in [0.15, 0.2) is 5.76 Å². The maximum absolute atomic E-state index is 13.1. The second-order valence-electron chi connectivity index (χ2n) is 6.26. The van der Waals surface area contributed by atoms with Gasteiger partial charge in [0.2, 0.25) is 5.78 Å². The lowest BCUT2D eigenvalue weighted by Gasteiger charge is -2.26. The summed E-state index contributed by atoms with van der Waals surface area (Å²) in [6, 6.07) is 13.3. The van der Waals surface area contributed by atoms with E-state index in [4.69, 9.17) is 9.15 Å². The average Bonchev–Trinajstić information content (AvgIpc) is 3.46. The molecule has 1 N–H and O–H groups in total. The highest BCUT2D eigenvalue weighted by molar-refractivity contribution is 7.12. The summed E-state index contributed by atoms with van der Waals surface area (Å²) in [5, 5.41) is 12.4. The molecule has 3 aromatic rings. The van der Waals surface area contributed by atoms with Crippen LogP contribution in [-0.4, -0.2) is 28.8 Å². The van der Waals surface area contributed by atoms with E-state index in [1.807, 2.05) is 0 Å². The maximum Gasteiger partial charge on any atom is 0.290 e. The Balaban J connectivity index is 1.81. The van der Waals surface area contributed by atoms with E-state index in [-0.39, 0.29) is 17.9 Å². The number of hydrogen-bond donors (Lipinski definition) is 1. The number of rotatable bonds is 6. The molecule has 4 rings (SSSR count). The molecular formula is C21H17NO5S. The zero-order valence-corrected chi connectivity index (χ0v) is 15.8. The van der Waals surface area contributed by atoms with Crippen LogP contribution in [0.15, 0.2) is 75.9 Å². The van der Waals surface area contributed by atoms with E-state index in [1.165, 1.54) is 22.5 Å². The van der Waals surface area contributed by atoms with E-state index >= 15 is 0 Å². The van der Waals surface area contributed by atoms with Gasteiger partial charge in [-0.1, -0.05) is 18.2 Å². The third kappa shape index (κ3) is 3.10. The molecule has 6 nitrogen and oxygen atoms in total. The Morgan fingerprint density at radius 3 is 2.79 bits per heavy atom. The molecule has 1 amide bonds. The van der Waals surface area contributed by atoms with Crippen LogP contribution in [0, 0.1) is 0 Å². The van der Waals surface area contributed by atoms with Crippen LogP contribution >= 0.6 is 11.3 Å². The Morgan fingerprint density at radius 1 is 1.25 bits per heavy atom. The number of methoxy groups -OCH3 is 1. The normalized spacial score (nSPS) is 16.7. The Hall–Kier alpha value is -3.32. The summed E-state index contributed by atoms with van der Waals surface area (Å²) in [5.41, 5.74) is 0.732. The lowest BCUT2D eigenvalue weighted by Crippen LogP contribution is -2.30. The summed E-state index contributed by atoms with van der Waals surface area (Å²) in [4.78, 5) is 27.9. The van der Waals surface area contributed by atoms with Gasteiger partial charge in [0.1, 0.15) is 11.5 Å². The van der Waals surface area contributed by atoms with Crippen LogP contribution in [0.1, 0.15) is 27.0 Å². The van der Waals surface area contributed by atoms with Crippen molar-refractivity contribution in [1.82, 2.24) is 4.90 Å². The number of benzene rings is 1. The predicted octanol–water partition coefficient (Wildman–Crippen LogP) is 4.13. The van der Waals surface area contributed by atoms with Gasteiger partial charge in [-0.25, -0.2) is 0 Å². The maximum atomic E-state index is 13.1. The Labute approximate surface area is 165 Å². The average molecular weight is 395 g/mol. The van der Waals surface area contributed by atoms with Gasteiger partial charge in [-0.15, -0.1) is 11.3 Å². The van der Waals surface area contributed by atoms with Crippen molar-refractivity contribution in [3.8, 4) is 5.75 Å². The molecule has 1 aromatic carbocycles. The van der Waals surface area contributed by atoms with Crippen LogP contribution in [0.2, 0.25) is 0 Å². The molecule has 7 heteroatoms. The number of Topliss-reactive ketones (excluding diaryl/α,β-unsaturated/α-hetero) is 1. The predicted molar refractivity (Wildman–Crippen MR) is 103 cm³/mol. The van der Waals surface area contributed by atoms with Gasteiger partial charge in [-0.3, -0.25) is 9.59 Å². The van der Waals surface area contributed by atoms with Crippen molar-refractivity contribution in [3.63, 3.8) is 0 Å². The zero-order chi connectivity index (χ0) is 19.7. The quantitative estimate of drug-likeness (QED) is 0.635. The van der Waals surface area contributed by atoms with Gasteiger partial charge in [-0.05, 0) is 41.3 Å². The molecule has 1 unspecified atom stereocenters. The van der Waals surface area contributed by atoms with E-state index in [9.17, 15) is 14.7 Å². The summed E-state index contributed by atoms with van der Waals surface area (Å²) < 4.78 is 10.7. The number of aliphatic hydroxyl groups is 1. The second kappa shape index (κ2) is 7.36. The molecule has 0 spiro atoms. The van der Waals surface area contributed by atoms with E-state index in [1.54, 1.807) is 61.0 Å². The molecule has 0 saturated heterocycles. The number of nitrogens with zero attached hydrogens (tertiary/aromatic N) is 1. The van der Waals surface area contributed by atoms with E-state index in [0.29, 0.717) is 22.0 Å². The van der Waals surface area contributed by atoms with Crippen molar-refractivity contribution in [2.45, 2.75) is 12.6 Å². The highest BCUT2D eigenvalue weighted by atomic mass is 32.1. The molecule has 1 aliphatic rings. The van der Waals surface area contributed by atoms with Crippen molar-refractivity contribution in [2.75, 3.05) is 7.11 Å². The minimum Gasteiger partial charge on any atom is -0.503 e. The van der Waals surface area contributed by atoms with E-state index in [0.717, 1.165) is 0 Å². The number of ether oxygens (including phenoxy) is 1. The fourth-order valence-corrected chi connectivity index (χ4v) is 4.00. The minimum atomic E-state index is -0.748. The number of aliphatic hydroxyl groups excluding tert-OH is 1. The number of thiophene rings is 1. The van der Waals surface area contributed by atoms with Crippen LogP contribution in [0.25, 0.3) is 0 Å². The smallest absolute Gasteiger partial charge is 0.290 e. The highest BCUT2D eigenvalue weighted by Crippen LogP contribution is 2.41. The highest BCUT2D eigenvalue weighted by Gasteiger charge is 2.44. The molecule has 28 heavy (non-hydrogen) atoms. The van der Waals surface area contributed by atoms with Gasteiger partial charge < -0.3 is 19.2 Å². The molecule has 1 atom stereocenters. The molecule has 0 aliphatic carbocycles. The first-order valence-corrected chi connectivity index (χ1v) is 9.46. The standard InChI is InChI=1S/C21H17NO5S/c1-26-14-6-2-5-13(11-14)18-17(19(23)16-8-4-10-28-16)20(24)21(25)22(18)12-15-7-3-9-27-15/h2-11,18,24H,12H2,1H3. The van der Waals surface area contributed by atoms with Crippen LogP contribution in [0.3, 0.4) is 0 Å². The zero-order valence-electron chi connectivity index (χ0n) is 15.0. The first kappa shape index (κ1) is 18.1. The summed E-state index contributed by atoms with van der Waals surface area (Å²) in [6.45, 7) is 0.124. The molecular weight excluding hydrogens is 378 g/mol. The summed E-state index contributed by atoms with van der Waals surface area (Å²) in [5.74, 6) is -0.353. The SMILES string of the molecule is COc1cccc(C2C(C(=O)c3cccs3)=C(O)C(=O)N2Cc2ccco2)c1. The largest absolute Gasteiger partial charge is 0.503 e. The molecule has 0 bridgehead atoms. The van der Waals surface area contributed by atoms with Gasteiger partial charge in [0.25, 0.3) is 5.91 Å². The number of ketones is 1. The molecule has 0 radical (unpaired) electrons. The van der Waals surface area contributed by atoms with Crippen molar-refractivity contribution in [2.24, 2.45) is 0 Å². The summed E-state index contributed by atoms with van der Waals surface area (Å²) >= 11 is 1.26. The fraction of sp³-hybridized carbons (Fsp3) is 0.143. The van der Waals surface area contributed by atoms with Gasteiger partial charge in [0.05, 0.1) is 36.4 Å². The molecule has 0 fully saturated rings. The number of amides is 1. The van der Waals surface area contributed by atoms with Crippen LogP contribution in [0.5, 0.6) is 5.75 Å². The van der Waals surface area contributed by atoms with E-state index < -0.39 is 17.7 Å². The topological polar surface area (TPSA) is 80.0 Å². The minimum absolute atomic E-state index is 0.0623. The van der Waals surface area contributed by atoms with Crippen LogP contribution in [0.4, 0.5) is 0 Å². The second-order valence-corrected chi connectivity index (χ2v) is 7.21. The number of carbonyl (C=O) groups excluding carboxylic acids is 2. The summed E-state index contributed by atoms with van der Waals surface area (Å²) in [7, 11) is 1.55. The molecule has 2 aromatic heterocycles. The lowest BCUT2D eigenvalue weighted by atomic mass is 9.95. The van der Waals surface area contributed by atoms with Crippen molar-refractivity contribution < 1.29 is 23.8 Å². The van der Waals surface area contributed by atoms with Crippen molar-refractivity contribution >= 4 is 23.0 Å². The number of furan rings is 1. The fourth-order valence-electron chi connectivity index (χ4n) is 3.32. The number of hydrogen-bond acceptors (Lipinski definition) is 6. The van der Waals surface area contributed by atoms with Crippen LogP contribution < -0.4 is 4.74 Å². The van der Waals surface area contributed by atoms with Gasteiger partial charge in [-0.2, -0.15) is 0 Å². The first-order valence-electron chi connectivity index (χ1n) is 8.58. The van der Waals surface area contributed by atoms with Crippen molar-refractivity contribution in [3.05, 3.63) is 87.7 Å². The Kier molecular flexibility index (Phi) is 4.75. The Bertz CT molecular complexity index is 1040. The molecule has 0 saturated carbocycles. The molecule has 1 aliphatic heterocycles. The number of carbonyl (C=O) groups is 2. The lowest BCUT2D eigenvalue weighted by molar-refractivity contribution is -0.130. The Morgan fingerprint density at radius 2 is 2.11 bits per heavy atom. The van der Waals surface area contributed by atoms with Crippen molar-refractivity contribution in [1.29, 1.82) is 0 Å². The monoisotopic (exact) mass is 395 g/mol. The molecule has 142 valence electrons. The van der Waals surface area contributed by atoms with E-state index in [2.05, 4.69) is 0 Å². The summed E-state index contributed by atoms with van der Waals surface area (Å²) in [6.07, 6.45) is 1.52. The third-order valence-electron chi connectivity index (χ3n) is 4.61. The van der Waals surface area contributed by atoms with Gasteiger partial charge in [0, 0.05) is 0 Å². The first-order chi connectivity index (χ1) is 13.6. The van der Waals surface area contributed by atoms with Gasteiger partial charge >= 0.3 is 0 Å².